The van der Waals surface area contributed by atoms with Crippen molar-refractivity contribution in [2.24, 2.45) is 0 Å². The molecule has 1 saturated heterocycles. The van der Waals surface area contributed by atoms with E-state index in [1.54, 1.807) is 12.1 Å². The monoisotopic (exact) mass is 370 g/mol. The van der Waals surface area contributed by atoms with E-state index in [1.807, 2.05) is 24.3 Å². The van der Waals surface area contributed by atoms with Gasteiger partial charge in [-0.1, -0.05) is 29.5 Å². The summed E-state index contributed by atoms with van der Waals surface area (Å²) >= 11 is 1.38. The number of para-hydroxylation sites is 1. The van der Waals surface area contributed by atoms with Crippen LogP contribution in [0.15, 0.2) is 48.5 Å². The summed E-state index contributed by atoms with van der Waals surface area (Å²) in [4.78, 5) is 30.2. The van der Waals surface area contributed by atoms with Gasteiger partial charge >= 0.3 is 6.03 Å². The third kappa shape index (κ3) is 3.36. The zero-order chi connectivity index (χ0) is 18.1. The predicted octanol–water partition coefficient (Wildman–Crippen LogP) is 3.36. The van der Waals surface area contributed by atoms with Crippen molar-refractivity contribution in [3.8, 4) is 0 Å². The molecule has 3 aromatic rings. The first-order valence-electron chi connectivity index (χ1n) is 8.07. The van der Waals surface area contributed by atoms with Gasteiger partial charge in [0.15, 0.2) is 5.13 Å². The number of benzene rings is 2. The van der Waals surface area contributed by atoms with Gasteiger partial charge in [-0.05, 0) is 30.3 Å². The summed E-state index contributed by atoms with van der Waals surface area (Å²) in [7, 11) is 0. The maximum atomic E-state index is 13.4. The number of amides is 3. The van der Waals surface area contributed by atoms with Crippen LogP contribution < -0.4 is 15.5 Å². The van der Waals surface area contributed by atoms with Crippen molar-refractivity contribution >= 4 is 44.3 Å². The van der Waals surface area contributed by atoms with Crippen molar-refractivity contribution in [3.63, 3.8) is 0 Å². The van der Waals surface area contributed by atoms with Gasteiger partial charge < -0.3 is 10.2 Å². The lowest BCUT2D eigenvalue weighted by atomic mass is 10.2. The molecule has 1 fully saturated rings. The molecule has 3 amide bonds. The Hall–Kier alpha value is -3.00. The molecule has 2 N–H and O–H groups in total. The van der Waals surface area contributed by atoms with Gasteiger partial charge in [0.25, 0.3) is 0 Å². The molecule has 2 aromatic carbocycles. The van der Waals surface area contributed by atoms with Gasteiger partial charge in [0.2, 0.25) is 5.91 Å². The fraction of sp³-hybridized carbons (Fsp3) is 0.167. The molecule has 4 rings (SSSR count). The molecule has 132 valence electrons. The topological polar surface area (TPSA) is 74.3 Å². The van der Waals surface area contributed by atoms with Gasteiger partial charge in [0.1, 0.15) is 5.82 Å². The average molecular weight is 370 g/mol. The molecular formula is C18H15FN4O2S. The number of carbonyl (C=O) groups is 2. The number of hydrogen-bond donors (Lipinski definition) is 2. The molecule has 6 nitrogen and oxygen atoms in total. The van der Waals surface area contributed by atoms with Crippen LogP contribution in [0.2, 0.25) is 0 Å². The predicted molar refractivity (Wildman–Crippen MR) is 98.9 cm³/mol. The zero-order valence-corrected chi connectivity index (χ0v) is 14.4. The van der Waals surface area contributed by atoms with Crippen LogP contribution in [0.25, 0.3) is 10.2 Å². The smallest absolute Gasteiger partial charge is 0.321 e. The van der Waals surface area contributed by atoms with E-state index in [2.05, 4.69) is 15.6 Å². The Bertz CT molecular complexity index is 957. The highest BCUT2D eigenvalue weighted by Crippen LogP contribution is 2.26. The number of nitrogens with one attached hydrogen (secondary N) is 2. The first kappa shape index (κ1) is 16.5. The summed E-state index contributed by atoms with van der Waals surface area (Å²) in [5.41, 5.74) is 1.31. The normalized spacial score (nSPS) is 16.9. The van der Waals surface area contributed by atoms with Crippen molar-refractivity contribution in [2.75, 3.05) is 16.8 Å². The van der Waals surface area contributed by atoms with Gasteiger partial charge in [0.05, 0.1) is 16.3 Å². The molecule has 0 spiro atoms. The molecule has 0 unspecified atom stereocenters. The van der Waals surface area contributed by atoms with Crippen LogP contribution in [0.5, 0.6) is 0 Å². The van der Waals surface area contributed by atoms with Crippen molar-refractivity contribution in [1.29, 1.82) is 0 Å². The Morgan fingerprint density at radius 1 is 1.23 bits per heavy atom. The molecule has 0 radical (unpaired) electrons. The summed E-state index contributed by atoms with van der Waals surface area (Å²) in [6, 6.07) is 12.7. The Morgan fingerprint density at radius 3 is 2.88 bits per heavy atom. The fourth-order valence-corrected chi connectivity index (χ4v) is 3.80. The minimum atomic E-state index is -0.414. The first-order valence-corrected chi connectivity index (χ1v) is 8.89. The minimum Gasteiger partial charge on any atom is -0.333 e. The van der Waals surface area contributed by atoms with Gasteiger partial charge in [-0.25, -0.2) is 14.2 Å². The summed E-state index contributed by atoms with van der Waals surface area (Å²) in [6.45, 7) is 0.301. The summed E-state index contributed by atoms with van der Waals surface area (Å²) in [5.74, 6) is -0.554. The van der Waals surface area contributed by atoms with E-state index in [0.717, 1.165) is 10.2 Å². The lowest BCUT2D eigenvalue weighted by Crippen LogP contribution is -2.39. The SMILES string of the molecule is O=C(Nc1nc2ccccc2s1)N[C@H]1CC(=O)N(c2cccc(F)c2)C1. The summed E-state index contributed by atoms with van der Waals surface area (Å²) in [5, 5.41) is 5.98. The molecule has 1 aromatic heterocycles. The van der Waals surface area contributed by atoms with E-state index < -0.39 is 11.8 Å². The van der Waals surface area contributed by atoms with E-state index >= 15 is 0 Å². The maximum Gasteiger partial charge on any atom is 0.321 e. The van der Waals surface area contributed by atoms with Crippen LogP contribution in [0.1, 0.15) is 6.42 Å². The standard InChI is InChI=1S/C18H15FN4O2S/c19-11-4-3-5-13(8-11)23-10-12(9-16(23)24)20-17(25)22-18-21-14-6-1-2-7-15(14)26-18/h1-8,12H,9-10H2,(H2,20,21,22,25)/t12-/m0/s1. The molecule has 1 aliphatic rings. The highest BCUT2D eigenvalue weighted by molar-refractivity contribution is 7.22. The van der Waals surface area contributed by atoms with Crippen molar-refractivity contribution in [2.45, 2.75) is 12.5 Å². The third-order valence-electron chi connectivity index (χ3n) is 4.09. The van der Waals surface area contributed by atoms with Crippen LogP contribution in [-0.4, -0.2) is 29.5 Å². The Labute approximate surface area is 152 Å². The van der Waals surface area contributed by atoms with Crippen LogP contribution in [-0.2, 0) is 4.79 Å². The Morgan fingerprint density at radius 2 is 2.08 bits per heavy atom. The van der Waals surface area contributed by atoms with Gasteiger partial charge in [-0.15, -0.1) is 0 Å². The van der Waals surface area contributed by atoms with E-state index in [4.69, 9.17) is 0 Å². The molecule has 26 heavy (non-hydrogen) atoms. The second-order valence-corrected chi connectivity index (χ2v) is 7.00. The number of halogens is 1. The van der Waals surface area contributed by atoms with Crippen LogP contribution in [0.4, 0.5) is 20.0 Å². The molecule has 8 heteroatoms. The number of anilines is 2. The van der Waals surface area contributed by atoms with Crippen molar-refractivity contribution < 1.29 is 14.0 Å². The zero-order valence-electron chi connectivity index (χ0n) is 13.6. The Kier molecular flexibility index (Phi) is 4.26. The lowest BCUT2D eigenvalue weighted by Gasteiger charge is -2.17. The molecule has 1 atom stereocenters. The van der Waals surface area contributed by atoms with Crippen LogP contribution >= 0.6 is 11.3 Å². The number of hydrogen-bond acceptors (Lipinski definition) is 4. The largest absolute Gasteiger partial charge is 0.333 e. The number of rotatable bonds is 3. The minimum absolute atomic E-state index is 0.152. The molecule has 0 saturated carbocycles. The number of urea groups is 1. The summed E-state index contributed by atoms with van der Waals surface area (Å²) < 4.78 is 14.3. The van der Waals surface area contributed by atoms with Gasteiger partial charge in [0, 0.05) is 18.7 Å². The second-order valence-electron chi connectivity index (χ2n) is 5.97. The number of carbonyl (C=O) groups excluding carboxylic acids is 2. The Balaban J connectivity index is 1.39. The van der Waals surface area contributed by atoms with Gasteiger partial charge in [-0.3, -0.25) is 10.1 Å². The number of aromatic nitrogens is 1. The number of fused-ring (bicyclic) bond motifs is 1. The number of nitrogens with zero attached hydrogens (tertiary/aromatic N) is 2. The first-order chi connectivity index (χ1) is 12.6. The van der Waals surface area contributed by atoms with Crippen molar-refractivity contribution in [3.05, 3.63) is 54.3 Å². The van der Waals surface area contributed by atoms with E-state index in [-0.39, 0.29) is 18.4 Å². The second kappa shape index (κ2) is 6.72. The quantitative estimate of drug-likeness (QED) is 0.742. The number of thiazole rings is 1. The lowest BCUT2D eigenvalue weighted by molar-refractivity contribution is -0.117. The highest BCUT2D eigenvalue weighted by Gasteiger charge is 2.31. The molecule has 0 aliphatic carbocycles. The maximum absolute atomic E-state index is 13.4. The third-order valence-corrected chi connectivity index (χ3v) is 5.05. The molecule has 2 heterocycles. The molecular weight excluding hydrogens is 355 g/mol. The van der Waals surface area contributed by atoms with E-state index in [1.165, 1.54) is 28.4 Å². The van der Waals surface area contributed by atoms with E-state index in [9.17, 15) is 14.0 Å². The highest BCUT2D eigenvalue weighted by atomic mass is 32.1. The fourth-order valence-electron chi connectivity index (χ4n) is 2.94. The van der Waals surface area contributed by atoms with Gasteiger partial charge in [-0.2, -0.15) is 0 Å². The van der Waals surface area contributed by atoms with Crippen LogP contribution in [0, 0.1) is 5.82 Å². The van der Waals surface area contributed by atoms with Crippen molar-refractivity contribution in [1.82, 2.24) is 10.3 Å². The molecule has 0 bridgehead atoms. The summed E-state index contributed by atoms with van der Waals surface area (Å²) in [6.07, 6.45) is 0.170. The molecule has 1 aliphatic heterocycles. The average Bonchev–Trinajstić information content (AvgIpc) is 3.17. The van der Waals surface area contributed by atoms with Crippen LogP contribution in [0.3, 0.4) is 0 Å². The van der Waals surface area contributed by atoms with E-state index in [0.29, 0.717) is 17.4 Å².